The van der Waals surface area contributed by atoms with E-state index < -0.39 is 10.9 Å². The molecule has 0 saturated heterocycles. The Morgan fingerprint density at radius 3 is 2.60 bits per heavy atom. The van der Waals surface area contributed by atoms with E-state index in [9.17, 15) is 14.9 Å². The Hall–Kier alpha value is -2.15. The molecule has 0 bridgehead atoms. The Morgan fingerprint density at radius 2 is 2.15 bits per heavy atom. The van der Waals surface area contributed by atoms with Gasteiger partial charge in [-0.3, -0.25) is 10.1 Å². The second-order valence-corrected chi connectivity index (χ2v) is 4.77. The van der Waals surface area contributed by atoms with Gasteiger partial charge in [-0.2, -0.15) is 0 Å². The van der Waals surface area contributed by atoms with Gasteiger partial charge in [-0.25, -0.2) is 4.79 Å². The van der Waals surface area contributed by atoms with Crippen molar-refractivity contribution in [1.29, 1.82) is 0 Å². The molecule has 0 radical (unpaired) electrons. The molecule has 0 atom stereocenters. The summed E-state index contributed by atoms with van der Waals surface area (Å²) >= 11 is 0. The second-order valence-electron chi connectivity index (χ2n) is 4.77. The minimum atomic E-state index is -1.20. The number of rotatable bonds is 6. The van der Waals surface area contributed by atoms with Crippen LogP contribution in [-0.2, 0) is 0 Å². The van der Waals surface area contributed by atoms with E-state index in [-0.39, 0.29) is 23.9 Å². The van der Waals surface area contributed by atoms with Gasteiger partial charge in [0.2, 0.25) is 0 Å². The number of nitrogens with zero attached hydrogens (tertiary/aromatic N) is 2. The molecule has 0 heterocycles. The fourth-order valence-corrected chi connectivity index (χ4v) is 2.35. The van der Waals surface area contributed by atoms with Gasteiger partial charge >= 0.3 is 5.97 Å². The fraction of sp³-hybridized carbons (Fsp3) is 0.462. The van der Waals surface area contributed by atoms with E-state index in [2.05, 4.69) is 0 Å². The van der Waals surface area contributed by atoms with Crippen molar-refractivity contribution in [2.24, 2.45) is 0 Å². The molecule has 7 heteroatoms. The number of anilines is 1. The zero-order valence-corrected chi connectivity index (χ0v) is 10.9. The second kappa shape index (κ2) is 5.87. The molecule has 1 aromatic carbocycles. The maximum atomic E-state index is 11.2. The Balaban J connectivity index is 2.41. The van der Waals surface area contributed by atoms with E-state index in [4.69, 9.17) is 10.2 Å². The number of aliphatic hydroxyl groups is 1. The van der Waals surface area contributed by atoms with E-state index in [1.807, 2.05) is 0 Å². The molecule has 2 N–H and O–H groups in total. The summed E-state index contributed by atoms with van der Waals surface area (Å²) < 4.78 is 0. The van der Waals surface area contributed by atoms with Crippen LogP contribution in [0.5, 0.6) is 0 Å². The van der Waals surface area contributed by atoms with Crippen molar-refractivity contribution in [3.63, 3.8) is 0 Å². The first-order valence-electron chi connectivity index (χ1n) is 6.44. The maximum absolute atomic E-state index is 11.2. The average Bonchev–Trinajstić information content (AvgIpc) is 2.35. The van der Waals surface area contributed by atoms with Crippen molar-refractivity contribution in [3.05, 3.63) is 33.9 Å². The van der Waals surface area contributed by atoms with E-state index in [1.54, 1.807) is 4.90 Å². The van der Waals surface area contributed by atoms with Crippen molar-refractivity contribution in [3.8, 4) is 0 Å². The Morgan fingerprint density at radius 1 is 1.45 bits per heavy atom. The number of nitro benzene ring substituents is 1. The maximum Gasteiger partial charge on any atom is 0.335 e. The predicted octanol–water partition coefficient (Wildman–Crippen LogP) is 1.64. The first-order valence-corrected chi connectivity index (χ1v) is 6.44. The Labute approximate surface area is 115 Å². The summed E-state index contributed by atoms with van der Waals surface area (Å²) in [6.07, 6.45) is 2.92. The smallest absolute Gasteiger partial charge is 0.335 e. The fourth-order valence-electron chi connectivity index (χ4n) is 2.35. The van der Waals surface area contributed by atoms with Crippen LogP contribution in [-0.4, -0.2) is 40.3 Å². The summed E-state index contributed by atoms with van der Waals surface area (Å²) in [5, 5.41) is 29.2. The van der Waals surface area contributed by atoms with E-state index in [1.165, 1.54) is 12.1 Å². The van der Waals surface area contributed by atoms with Crippen LogP contribution in [0.25, 0.3) is 0 Å². The van der Waals surface area contributed by atoms with Crippen LogP contribution < -0.4 is 4.90 Å². The number of carboxylic acid groups (broad SMARTS) is 1. The zero-order chi connectivity index (χ0) is 14.7. The molecule has 0 unspecified atom stereocenters. The molecule has 0 aliphatic heterocycles. The van der Waals surface area contributed by atoms with Crippen LogP contribution in [0.15, 0.2) is 18.2 Å². The third-order valence-electron chi connectivity index (χ3n) is 3.58. The van der Waals surface area contributed by atoms with E-state index >= 15 is 0 Å². The molecule has 1 saturated carbocycles. The normalized spacial score (nSPS) is 14.7. The highest BCUT2D eigenvalue weighted by Crippen LogP contribution is 2.35. The molecule has 1 aliphatic rings. The lowest BCUT2D eigenvalue weighted by atomic mass is 9.90. The molecule has 0 aromatic heterocycles. The molecule has 1 fully saturated rings. The number of carbonyl (C=O) groups is 1. The standard InChI is InChI=1S/C13H16N2O5/c16-7-6-14(10-2-1-3-10)11-5-4-9(13(17)18)8-12(11)15(19)20/h4-5,8,10,16H,1-3,6-7H2,(H,17,18). The molecular weight excluding hydrogens is 264 g/mol. The number of aromatic carboxylic acids is 1. The first kappa shape index (κ1) is 14.3. The number of benzene rings is 1. The van der Waals surface area contributed by atoms with Crippen molar-refractivity contribution < 1.29 is 19.9 Å². The molecule has 0 spiro atoms. The summed E-state index contributed by atoms with van der Waals surface area (Å²) in [6, 6.07) is 4.06. The van der Waals surface area contributed by atoms with Gasteiger partial charge in [-0.05, 0) is 31.4 Å². The summed E-state index contributed by atoms with van der Waals surface area (Å²) in [6.45, 7) is 0.201. The number of hydrogen-bond donors (Lipinski definition) is 2. The molecular formula is C13H16N2O5. The van der Waals surface area contributed by atoms with Crippen molar-refractivity contribution >= 4 is 17.3 Å². The number of hydrogen-bond acceptors (Lipinski definition) is 5. The topological polar surface area (TPSA) is 104 Å². The van der Waals surface area contributed by atoms with Crippen LogP contribution >= 0.6 is 0 Å². The minimum Gasteiger partial charge on any atom is -0.478 e. The van der Waals surface area contributed by atoms with Crippen molar-refractivity contribution in [2.45, 2.75) is 25.3 Å². The molecule has 1 aromatic rings. The largest absolute Gasteiger partial charge is 0.478 e. The third-order valence-corrected chi connectivity index (χ3v) is 3.58. The highest BCUT2D eigenvalue weighted by atomic mass is 16.6. The van der Waals surface area contributed by atoms with Crippen LogP contribution in [0.1, 0.15) is 29.6 Å². The summed E-state index contributed by atoms with van der Waals surface area (Å²) in [5.74, 6) is -1.20. The molecule has 2 rings (SSSR count). The van der Waals surface area contributed by atoms with Crippen LogP contribution in [0.2, 0.25) is 0 Å². The summed E-state index contributed by atoms with van der Waals surface area (Å²) in [7, 11) is 0. The number of carboxylic acids is 1. The van der Waals surface area contributed by atoms with E-state index in [0.29, 0.717) is 12.2 Å². The lowest BCUT2D eigenvalue weighted by Crippen LogP contribution is -2.42. The Kier molecular flexibility index (Phi) is 4.19. The molecule has 1 aliphatic carbocycles. The highest BCUT2D eigenvalue weighted by Gasteiger charge is 2.30. The molecule has 0 amide bonds. The number of nitro groups is 1. The third kappa shape index (κ3) is 2.72. The van der Waals surface area contributed by atoms with Gasteiger partial charge in [-0.1, -0.05) is 0 Å². The van der Waals surface area contributed by atoms with Gasteiger partial charge in [0, 0.05) is 18.7 Å². The van der Waals surface area contributed by atoms with Crippen LogP contribution in [0.4, 0.5) is 11.4 Å². The van der Waals surface area contributed by atoms with Crippen molar-refractivity contribution in [2.75, 3.05) is 18.1 Å². The highest BCUT2D eigenvalue weighted by molar-refractivity contribution is 5.89. The number of aliphatic hydroxyl groups excluding tert-OH is 1. The van der Waals surface area contributed by atoms with Gasteiger partial charge in [0.1, 0.15) is 5.69 Å². The lowest BCUT2D eigenvalue weighted by Gasteiger charge is -2.38. The molecule has 108 valence electrons. The predicted molar refractivity (Wildman–Crippen MR) is 72.1 cm³/mol. The van der Waals surface area contributed by atoms with Gasteiger partial charge in [0.15, 0.2) is 0 Å². The quantitative estimate of drug-likeness (QED) is 0.606. The average molecular weight is 280 g/mol. The lowest BCUT2D eigenvalue weighted by molar-refractivity contribution is -0.384. The zero-order valence-electron chi connectivity index (χ0n) is 10.9. The minimum absolute atomic E-state index is 0.103. The summed E-state index contributed by atoms with van der Waals surface area (Å²) in [5.41, 5.74) is 0.0296. The van der Waals surface area contributed by atoms with E-state index in [0.717, 1.165) is 25.3 Å². The van der Waals surface area contributed by atoms with Crippen LogP contribution in [0, 0.1) is 10.1 Å². The Bertz CT molecular complexity index is 527. The SMILES string of the molecule is O=C(O)c1ccc(N(CCO)C2CCC2)c([N+](=O)[O-])c1. The van der Waals surface area contributed by atoms with Gasteiger partial charge < -0.3 is 15.1 Å². The van der Waals surface area contributed by atoms with Crippen molar-refractivity contribution in [1.82, 2.24) is 0 Å². The summed E-state index contributed by atoms with van der Waals surface area (Å²) in [4.78, 5) is 23.3. The first-order chi connectivity index (χ1) is 9.54. The monoisotopic (exact) mass is 280 g/mol. The van der Waals surface area contributed by atoms with Crippen LogP contribution in [0.3, 0.4) is 0 Å². The molecule has 7 nitrogen and oxygen atoms in total. The van der Waals surface area contributed by atoms with Gasteiger partial charge in [0.25, 0.3) is 5.69 Å². The van der Waals surface area contributed by atoms with Gasteiger partial charge in [0.05, 0.1) is 17.1 Å². The van der Waals surface area contributed by atoms with Gasteiger partial charge in [-0.15, -0.1) is 0 Å². The molecule has 20 heavy (non-hydrogen) atoms.